The van der Waals surface area contributed by atoms with Gasteiger partial charge in [0, 0.05) is 0 Å². The van der Waals surface area contributed by atoms with Crippen LogP contribution in [0.1, 0.15) is 17.5 Å². The molecular formula is C9H8O3S. The molecule has 1 aromatic rings. The van der Waals surface area contributed by atoms with Gasteiger partial charge in [0.25, 0.3) is 0 Å². The van der Waals surface area contributed by atoms with Crippen LogP contribution in [0.5, 0.6) is 0 Å². The fraction of sp³-hybridized carbons (Fsp3) is 0.222. The monoisotopic (exact) mass is 196 g/mol. The number of carbonyl (C=O) groups is 1. The van der Waals surface area contributed by atoms with Gasteiger partial charge in [0.1, 0.15) is 0 Å². The highest BCUT2D eigenvalue weighted by Gasteiger charge is 2.08. The second kappa shape index (κ2) is 4.63. The predicted molar refractivity (Wildman–Crippen MR) is 49.8 cm³/mol. The van der Waals surface area contributed by atoms with Gasteiger partial charge in [-0.2, -0.15) is 0 Å². The summed E-state index contributed by atoms with van der Waals surface area (Å²) in [4.78, 5) is 10.4. The van der Waals surface area contributed by atoms with Crippen LogP contribution in [0.2, 0.25) is 0 Å². The number of hydrogen-bond acceptors (Lipinski definition) is 3. The minimum Gasteiger partial charge on any atom is -0.475 e. The van der Waals surface area contributed by atoms with Crippen molar-refractivity contribution in [1.82, 2.24) is 0 Å². The molecule has 1 heterocycles. The Morgan fingerprint density at radius 3 is 3.00 bits per heavy atom. The lowest BCUT2D eigenvalue weighted by molar-refractivity contribution is 0.0656. The number of carboxylic acid groups (broad SMARTS) is 1. The molecule has 0 fully saturated rings. The molecule has 0 aromatic carbocycles. The lowest BCUT2D eigenvalue weighted by Gasteiger charge is -1.89. The van der Waals surface area contributed by atoms with E-state index in [9.17, 15) is 4.79 Å². The number of rotatable bonds is 3. The summed E-state index contributed by atoms with van der Waals surface area (Å²) >= 11 is 1.38. The average molecular weight is 196 g/mol. The first-order valence-electron chi connectivity index (χ1n) is 3.59. The molecule has 68 valence electrons. The molecule has 0 unspecified atom stereocenters. The van der Waals surface area contributed by atoms with Crippen molar-refractivity contribution >= 4 is 17.7 Å². The summed E-state index contributed by atoms with van der Waals surface area (Å²) in [5.41, 5.74) is 0. The molecule has 0 atom stereocenters. The van der Waals surface area contributed by atoms with Crippen LogP contribution < -0.4 is 0 Å². The topological polar surface area (TPSA) is 50.4 Å². The Labute approximate surface area is 80.1 Å². The number of hydrogen-bond donors (Lipinski definition) is 1. The zero-order valence-electron chi connectivity index (χ0n) is 7.03. The van der Waals surface area contributed by atoms with E-state index in [1.807, 2.05) is 0 Å². The zero-order chi connectivity index (χ0) is 9.68. The van der Waals surface area contributed by atoms with Gasteiger partial charge in [0.05, 0.1) is 5.75 Å². The Balaban J connectivity index is 2.57. The molecule has 3 nitrogen and oxygen atoms in total. The quantitative estimate of drug-likeness (QED) is 0.594. The molecule has 1 N–H and O–H groups in total. The number of furan rings is 1. The van der Waals surface area contributed by atoms with E-state index in [1.165, 1.54) is 17.8 Å². The summed E-state index contributed by atoms with van der Waals surface area (Å²) in [5, 5.41) is 9.12. The molecule has 0 bridgehead atoms. The second-order valence-corrected chi connectivity index (χ2v) is 3.12. The molecule has 0 aliphatic rings. The van der Waals surface area contributed by atoms with E-state index in [-0.39, 0.29) is 5.76 Å². The maximum Gasteiger partial charge on any atom is 0.371 e. The standard InChI is InChI=1S/C9H8O3S/c1-2-3-6-13-8-5-4-7(12-8)9(10)11/h4-5H,6H2,1H3,(H,10,11). The third-order valence-electron chi connectivity index (χ3n) is 1.26. The van der Waals surface area contributed by atoms with E-state index < -0.39 is 5.97 Å². The molecular weight excluding hydrogens is 188 g/mol. The minimum absolute atomic E-state index is 0.0352. The molecule has 0 saturated carbocycles. The van der Waals surface area contributed by atoms with E-state index >= 15 is 0 Å². The zero-order valence-corrected chi connectivity index (χ0v) is 7.85. The van der Waals surface area contributed by atoms with Crippen molar-refractivity contribution in [3.8, 4) is 11.8 Å². The van der Waals surface area contributed by atoms with Crippen molar-refractivity contribution < 1.29 is 14.3 Å². The predicted octanol–water partition coefficient (Wildman–Crippen LogP) is 2.09. The Kier molecular flexibility index (Phi) is 3.47. The van der Waals surface area contributed by atoms with Gasteiger partial charge in [0.15, 0.2) is 5.09 Å². The van der Waals surface area contributed by atoms with E-state index in [0.29, 0.717) is 10.8 Å². The lowest BCUT2D eigenvalue weighted by atomic mass is 10.5. The molecule has 13 heavy (non-hydrogen) atoms. The summed E-state index contributed by atoms with van der Waals surface area (Å²) < 4.78 is 4.99. The Hall–Kier alpha value is -1.34. The Morgan fingerprint density at radius 1 is 1.69 bits per heavy atom. The summed E-state index contributed by atoms with van der Waals surface area (Å²) in [6, 6.07) is 3.06. The molecule has 0 aliphatic carbocycles. The van der Waals surface area contributed by atoms with Gasteiger partial charge in [0.2, 0.25) is 5.76 Å². The number of carboxylic acids is 1. The van der Waals surface area contributed by atoms with Crippen LogP contribution in [-0.4, -0.2) is 16.8 Å². The van der Waals surface area contributed by atoms with Crippen molar-refractivity contribution in [2.45, 2.75) is 12.0 Å². The van der Waals surface area contributed by atoms with Crippen LogP contribution in [0.4, 0.5) is 0 Å². The highest BCUT2D eigenvalue weighted by atomic mass is 32.2. The summed E-state index contributed by atoms with van der Waals surface area (Å²) in [6.07, 6.45) is 0. The molecule has 0 aliphatic heterocycles. The van der Waals surface area contributed by atoms with Gasteiger partial charge in [-0.15, -0.1) is 5.92 Å². The molecule has 0 spiro atoms. The van der Waals surface area contributed by atoms with Crippen molar-refractivity contribution in [1.29, 1.82) is 0 Å². The smallest absolute Gasteiger partial charge is 0.371 e. The van der Waals surface area contributed by atoms with Crippen LogP contribution in [0.25, 0.3) is 0 Å². The van der Waals surface area contributed by atoms with Crippen molar-refractivity contribution in [2.24, 2.45) is 0 Å². The normalized spacial score (nSPS) is 9.00. The highest BCUT2D eigenvalue weighted by Crippen LogP contribution is 2.20. The first-order chi connectivity index (χ1) is 6.24. The van der Waals surface area contributed by atoms with E-state index in [4.69, 9.17) is 9.52 Å². The lowest BCUT2D eigenvalue weighted by Crippen LogP contribution is -1.91. The van der Waals surface area contributed by atoms with Gasteiger partial charge in [-0.1, -0.05) is 17.7 Å². The Morgan fingerprint density at radius 2 is 2.46 bits per heavy atom. The van der Waals surface area contributed by atoms with Gasteiger partial charge in [-0.05, 0) is 19.1 Å². The van der Waals surface area contributed by atoms with Crippen LogP contribution in [-0.2, 0) is 0 Å². The largest absolute Gasteiger partial charge is 0.475 e. The number of thioether (sulfide) groups is 1. The van der Waals surface area contributed by atoms with Gasteiger partial charge in [-0.3, -0.25) is 0 Å². The molecule has 4 heteroatoms. The van der Waals surface area contributed by atoms with Gasteiger partial charge < -0.3 is 9.52 Å². The van der Waals surface area contributed by atoms with E-state index in [0.717, 1.165) is 0 Å². The van der Waals surface area contributed by atoms with E-state index in [1.54, 1.807) is 13.0 Å². The first-order valence-corrected chi connectivity index (χ1v) is 4.58. The summed E-state index contributed by atoms with van der Waals surface area (Å²) in [6.45, 7) is 1.76. The highest BCUT2D eigenvalue weighted by molar-refractivity contribution is 7.99. The van der Waals surface area contributed by atoms with E-state index in [2.05, 4.69) is 11.8 Å². The molecule has 0 radical (unpaired) electrons. The maximum atomic E-state index is 10.4. The summed E-state index contributed by atoms with van der Waals surface area (Å²) in [7, 11) is 0. The third-order valence-corrected chi connectivity index (χ3v) is 2.05. The molecule has 1 aromatic heterocycles. The Bertz CT molecular complexity index is 356. The van der Waals surface area contributed by atoms with Gasteiger partial charge >= 0.3 is 5.97 Å². The average Bonchev–Trinajstić information content (AvgIpc) is 2.53. The number of aromatic carboxylic acids is 1. The first kappa shape index (κ1) is 9.75. The minimum atomic E-state index is -1.05. The van der Waals surface area contributed by atoms with Gasteiger partial charge in [-0.25, -0.2) is 4.79 Å². The molecule has 0 saturated heterocycles. The molecule has 1 rings (SSSR count). The van der Waals surface area contributed by atoms with Crippen LogP contribution in [0.15, 0.2) is 21.6 Å². The maximum absolute atomic E-state index is 10.4. The second-order valence-electron chi connectivity index (χ2n) is 2.14. The van der Waals surface area contributed by atoms with Crippen molar-refractivity contribution in [2.75, 3.05) is 5.75 Å². The molecule has 0 amide bonds. The van der Waals surface area contributed by atoms with Crippen molar-refractivity contribution in [3.05, 3.63) is 17.9 Å². The summed E-state index contributed by atoms with van der Waals surface area (Å²) in [5.74, 6) is 5.11. The SMILES string of the molecule is CC#CCSc1ccc(C(=O)O)o1. The van der Waals surface area contributed by atoms with Crippen LogP contribution in [0, 0.1) is 11.8 Å². The fourth-order valence-electron chi connectivity index (χ4n) is 0.692. The fourth-order valence-corrected chi connectivity index (χ4v) is 1.36. The third kappa shape index (κ3) is 2.88. The van der Waals surface area contributed by atoms with Crippen LogP contribution in [0.3, 0.4) is 0 Å². The van der Waals surface area contributed by atoms with Crippen LogP contribution >= 0.6 is 11.8 Å². The van der Waals surface area contributed by atoms with Crippen molar-refractivity contribution in [3.63, 3.8) is 0 Å².